The fraction of sp³-hybridized carbons (Fsp3) is 0.579. The van der Waals surface area contributed by atoms with E-state index in [9.17, 15) is 0 Å². The summed E-state index contributed by atoms with van der Waals surface area (Å²) in [4.78, 5) is 13.9. The van der Waals surface area contributed by atoms with Crippen LogP contribution in [0.25, 0.3) is 0 Å². The van der Waals surface area contributed by atoms with Crippen LogP contribution in [0.4, 0.5) is 5.95 Å². The second-order valence-corrected chi connectivity index (χ2v) is 8.18. The van der Waals surface area contributed by atoms with Crippen LogP contribution in [0.5, 0.6) is 0 Å². The fourth-order valence-electron chi connectivity index (χ4n) is 4.37. The second-order valence-electron chi connectivity index (χ2n) is 7.40. The molecule has 2 aromatic heterocycles. The van der Waals surface area contributed by atoms with Crippen molar-refractivity contribution in [3.63, 3.8) is 0 Å². The predicted octanol–water partition coefficient (Wildman–Crippen LogP) is 3.05. The average Bonchev–Trinajstić information content (AvgIpc) is 3.27. The quantitative estimate of drug-likeness (QED) is 0.822. The molecule has 0 unspecified atom stereocenters. The summed E-state index contributed by atoms with van der Waals surface area (Å²) in [6, 6.07) is 4.51. The molecular weight excluding hydrogens is 332 g/mol. The lowest BCUT2D eigenvalue weighted by Gasteiger charge is -2.39. The van der Waals surface area contributed by atoms with Crippen molar-refractivity contribution in [2.75, 3.05) is 38.3 Å². The van der Waals surface area contributed by atoms with Gasteiger partial charge in [0.15, 0.2) is 0 Å². The summed E-state index contributed by atoms with van der Waals surface area (Å²) in [5, 5.41) is 4.44. The lowest BCUT2D eigenvalue weighted by Crippen LogP contribution is -2.41. The molecule has 0 saturated carbocycles. The van der Waals surface area contributed by atoms with E-state index in [1.54, 1.807) is 18.4 Å². The molecule has 1 atom stereocenters. The minimum absolute atomic E-state index is 0.382. The van der Waals surface area contributed by atoms with Gasteiger partial charge >= 0.3 is 0 Å². The Labute approximate surface area is 153 Å². The lowest BCUT2D eigenvalue weighted by atomic mass is 9.76. The Balaban J connectivity index is 1.42. The number of hydrogen-bond acceptors (Lipinski definition) is 6. The lowest BCUT2D eigenvalue weighted by molar-refractivity contribution is 0.106. The van der Waals surface area contributed by atoms with E-state index in [0.29, 0.717) is 11.5 Å². The molecule has 2 aliphatic heterocycles. The maximum absolute atomic E-state index is 5.50. The van der Waals surface area contributed by atoms with Gasteiger partial charge in [-0.25, -0.2) is 9.97 Å². The van der Waals surface area contributed by atoms with E-state index in [1.165, 1.54) is 37.9 Å². The van der Waals surface area contributed by atoms with Crippen molar-refractivity contribution in [3.05, 3.63) is 40.8 Å². The SMILES string of the molecule is COC[C@@H]1CC2(CCN(Cc3ccsc3)CC2)CN1c1ncccn1. The molecule has 25 heavy (non-hydrogen) atoms. The van der Waals surface area contributed by atoms with Crippen LogP contribution in [-0.4, -0.2) is 54.3 Å². The van der Waals surface area contributed by atoms with Crippen LogP contribution in [0.3, 0.4) is 0 Å². The molecule has 6 heteroatoms. The minimum atomic E-state index is 0.382. The molecule has 2 aromatic rings. The second kappa shape index (κ2) is 7.40. The molecule has 0 radical (unpaired) electrons. The highest BCUT2D eigenvalue weighted by Crippen LogP contribution is 2.44. The van der Waals surface area contributed by atoms with Gasteiger partial charge in [0, 0.05) is 32.6 Å². The van der Waals surface area contributed by atoms with Crippen molar-refractivity contribution < 1.29 is 4.74 Å². The molecule has 2 fully saturated rings. The van der Waals surface area contributed by atoms with Crippen LogP contribution in [0, 0.1) is 5.41 Å². The van der Waals surface area contributed by atoms with Crippen molar-refractivity contribution in [1.82, 2.24) is 14.9 Å². The average molecular weight is 359 g/mol. The Morgan fingerprint density at radius 1 is 1.28 bits per heavy atom. The zero-order chi connectivity index (χ0) is 17.1. The van der Waals surface area contributed by atoms with Crippen LogP contribution in [-0.2, 0) is 11.3 Å². The molecule has 2 aliphatic rings. The normalized spacial score (nSPS) is 23.4. The first-order chi connectivity index (χ1) is 12.3. The van der Waals surface area contributed by atoms with Gasteiger partial charge in [-0.15, -0.1) is 0 Å². The molecule has 0 amide bonds. The number of rotatable bonds is 5. The number of methoxy groups -OCH3 is 1. The number of aromatic nitrogens is 2. The van der Waals surface area contributed by atoms with Crippen LogP contribution < -0.4 is 4.90 Å². The maximum Gasteiger partial charge on any atom is 0.225 e. The first-order valence-corrected chi connectivity index (χ1v) is 9.98. The van der Waals surface area contributed by atoms with Crippen LogP contribution in [0.1, 0.15) is 24.8 Å². The molecule has 134 valence electrons. The molecule has 1 spiro atoms. The van der Waals surface area contributed by atoms with Crippen molar-refractivity contribution in [1.29, 1.82) is 0 Å². The van der Waals surface area contributed by atoms with Crippen molar-refractivity contribution >= 4 is 17.3 Å². The monoisotopic (exact) mass is 358 g/mol. The molecule has 0 aromatic carbocycles. The van der Waals surface area contributed by atoms with Crippen LogP contribution >= 0.6 is 11.3 Å². The summed E-state index contributed by atoms with van der Waals surface area (Å²) in [7, 11) is 1.79. The Hall–Kier alpha value is -1.50. The molecule has 0 aliphatic carbocycles. The maximum atomic E-state index is 5.50. The smallest absolute Gasteiger partial charge is 0.225 e. The summed E-state index contributed by atoms with van der Waals surface area (Å²) in [6.45, 7) is 5.25. The largest absolute Gasteiger partial charge is 0.383 e. The van der Waals surface area contributed by atoms with E-state index >= 15 is 0 Å². The predicted molar refractivity (Wildman–Crippen MR) is 101 cm³/mol. The van der Waals surface area contributed by atoms with Crippen LogP contribution in [0.15, 0.2) is 35.3 Å². The Morgan fingerprint density at radius 3 is 2.76 bits per heavy atom. The zero-order valence-electron chi connectivity index (χ0n) is 14.8. The van der Waals surface area contributed by atoms with Crippen molar-refractivity contribution in [3.8, 4) is 0 Å². The molecule has 0 bridgehead atoms. The molecule has 4 heterocycles. The van der Waals surface area contributed by atoms with Gasteiger partial charge in [0.1, 0.15) is 0 Å². The van der Waals surface area contributed by atoms with Gasteiger partial charge in [0.2, 0.25) is 5.95 Å². The Bertz CT molecular complexity index is 655. The minimum Gasteiger partial charge on any atom is -0.383 e. The standard InChI is InChI=1S/C19H26N4OS/c1-24-13-17-11-19(15-23(17)18-20-6-2-7-21-18)4-8-22(9-5-19)12-16-3-10-25-14-16/h2-3,6-7,10,14,17H,4-5,8-9,11-13,15H2,1H3/t17-/m0/s1. The molecule has 4 rings (SSSR count). The van der Waals surface area contributed by atoms with E-state index < -0.39 is 0 Å². The van der Waals surface area contributed by atoms with Gasteiger partial charge < -0.3 is 9.64 Å². The molecule has 0 N–H and O–H groups in total. The van der Waals surface area contributed by atoms with E-state index in [2.05, 4.69) is 36.6 Å². The topological polar surface area (TPSA) is 41.5 Å². The van der Waals surface area contributed by atoms with Gasteiger partial charge in [-0.2, -0.15) is 11.3 Å². The zero-order valence-corrected chi connectivity index (χ0v) is 15.6. The molecule has 2 saturated heterocycles. The third-order valence-electron chi connectivity index (χ3n) is 5.69. The number of hydrogen-bond donors (Lipinski definition) is 0. The third kappa shape index (κ3) is 3.71. The summed E-state index contributed by atoms with van der Waals surface area (Å²) in [5.74, 6) is 0.849. The Kier molecular flexibility index (Phi) is 5.01. The van der Waals surface area contributed by atoms with Gasteiger partial charge in [-0.3, -0.25) is 4.90 Å². The highest BCUT2D eigenvalue weighted by atomic mass is 32.1. The Morgan fingerprint density at radius 2 is 2.08 bits per heavy atom. The number of nitrogens with zero attached hydrogens (tertiary/aromatic N) is 4. The number of piperidine rings is 1. The van der Waals surface area contributed by atoms with E-state index in [0.717, 1.165) is 25.6 Å². The number of ether oxygens (including phenoxy) is 1. The highest BCUT2D eigenvalue weighted by Gasteiger charge is 2.46. The summed E-state index contributed by atoms with van der Waals surface area (Å²) < 4.78 is 5.50. The first kappa shape index (κ1) is 16.9. The number of likely N-dealkylation sites (tertiary alicyclic amines) is 1. The summed E-state index contributed by atoms with van der Waals surface area (Å²) in [6.07, 6.45) is 7.36. The number of thiophene rings is 1. The van der Waals surface area contributed by atoms with E-state index in [1.807, 2.05) is 18.5 Å². The summed E-state index contributed by atoms with van der Waals surface area (Å²) >= 11 is 1.79. The van der Waals surface area contributed by atoms with Gasteiger partial charge in [0.25, 0.3) is 0 Å². The van der Waals surface area contributed by atoms with Gasteiger partial charge in [-0.1, -0.05) is 0 Å². The molecular formula is C19H26N4OS. The summed E-state index contributed by atoms with van der Waals surface area (Å²) in [5.41, 5.74) is 1.83. The van der Waals surface area contributed by atoms with Gasteiger partial charge in [0.05, 0.1) is 12.6 Å². The van der Waals surface area contributed by atoms with E-state index in [-0.39, 0.29) is 0 Å². The highest BCUT2D eigenvalue weighted by molar-refractivity contribution is 7.07. The van der Waals surface area contributed by atoms with Crippen LogP contribution in [0.2, 0.25) is 0 Å². The third-order valence-corrected chi connectivity index (χ3v) is 6.42. The van der Waals surface area contributed by atoms with Crippen molar-refractivity contribution in [2.24, 2.45) is 5.41 Å². The van der Waals surface area contributed by atoms with Gasteiger partial charge in [-0.05, 0) is 66.2 Å². The van der Waals surface area contributed by atoms with Crippen molar-refractivity contribution in [2.45, 2.75) is 31.8 Å². The fourth-order valence-corrected chi connectivity index (χ4v) is 5.03. The number of anilines is 1. The van der Waals surface area contributed by atoms with E-state index in [4.69, 9.17) is 4.74 Å². The molecule has 5 nitrogen and oxygen atoms in total. The first-order valence-electron chi connectivity index (χ1n) is 9.04.